The Kier molecular flexibility index (Phi) is 2.29. The van der Waals surface area contributed by atoms with Crippen molar-refractivity contribution in [1.29, 1.82) is 0 Å². The van der Waals surface area contributed by atoms with Crippen LogP contribution in [0.25, 0.3) is 0 Å². The molecule has 0 aliphatic rings. The van der Waals surface area contributed by atoms with E-state index in [0.717, 1.165) is 5.82 Å². The summed E-state index contributed by atoms with van der Waals surface area (Å²) in [6.07, 6.45) is 3.57. The highest BCUT2D eigenvalue weighted by molar-refractivity contribution is 5.23. The van der Waals surface area contributed by atoms with E-state index in [2.05, 4.69) is 16.8 Å². The number of aryl methyl sites for hydroxylation is 1. The summed E-state index contributed by atoms with van der Waals surface area (Å²) < 4.78 is 1.86. The standard InChI is InChI=1S/C8H11N3/c1-7(9)3-4-8-10-5-6-11(8)2/h5-7H,9H2,1-2H3. The normalized spacial score (nSPS) is 11.9. The van der Waals surface area contributed by atoms with Gasteiger partial charge >= 0.3 is 0 Å². The topological polar surface area (TPSA) is 43.8 Å². The molecule has 1 unspecified atom stereocenters. The first-order chi connectivity index (χ1) is 5.20. The summed E-state index contributed by atoms with van der Waals surface area (Å²) in [6, 6.07) is -0.0910. The molecule has 3 heteroatoms. The third kappa shape index (κ3) is 2.10. The minimum absolute atomic E-state index is 0.0910. The van der Waals surface area contributed by atoms with E-state index in [1.54, 1.807) is 6.20 Å². The van der Waals surface area contributed by atoms with Gasteiger partial charge in [0.25, 0.3) is 0 Å². The van der Waals surface area contributed by atoms with Crippen molar-refractivity contribution < 1.29 is 0 Å². The van der Waals surface area contributed by atoms with Crippen molar-refractivity contribution in [3.05, 3.63) is 18.2 Å². The predicted molar refractivity (Wildman–Crippen MR) is 43.7 cm³/mol. The molecule has 0 aliphatic carbocycles. The molecule has 11 heavy (non-hydrogen) atoms. The van der Waals surface area contributed by atoms with Crippen molar-refractivity contribution in [2.75, 3.05) is 0 Å². The van der Waals surface area contributed by atoms with Crippen LogP contribution < -0.4 is 5.73 Å². The minimum atomic E-state index is -0.0910. The number of hydrogen-bond acceptors (Lipinski definition) is 2. The molecule has 1 heterocycles. The van der Waals surface area contributed by atoms with E-state index in [0.29, 0.717) is 0 Å². The van der Waals surface area contributed by atoms with Gasteiger partial charge in [-0.2, -0.15) is 0 Å². The van der Waals surface area contributed by atoms with Gasteiger partial charge in [-0.3, -0.25) is 0 Å². The molecule has 1 rings (SSSR count). The largest absolute Gasteiger partial charge is 0.327 e. The van der Waals surface area contributed by atoms with Crippen LogP contribution in [-0.4, -0.2) is 15.6 Å². The Bertz CT molecular complexity index is 288. The van der Waals surface area contributed by atoms with Crippen LogP contribution in [0.4, 0.5) is 0 Å². The lowest BCUT2D eigenvalue weighted by atomic mass is 10.3. The van der Waals surface area contributed by atoms with Gasteiger partial charge in [0.2, 0.25) is 0 Å². The second kappa shape index (κ2) is 3.22. The van der Waals surface area contributed by atoms with Crippen molar-refractivity contribution in [2.45, 2.75) is 13.0 Å². The molecule has 1 aromatic rings. The Hall–Kier alpha value is -1.27. The van der Waals surface area contributed by atoms with Crippen molar-refractivity contribution in [1.82, 2.24) is 9.55 Å². The molecular weight excluding hydrogens is 138 g/mol. The van der Waals surface area contributed by atoms with Gasteiger partial charge in [-0.25, -0.2) is 4.98 Å². The molecule has 0 spiro atoms. The highest BCUT2D eigenvalue weighted by atomic mass is 15.0. The minimum Gasteiger partial charge on any atom is -0.327 e. The molecule has 0 radical (unpaired) electrons. The summed E-state index contributed by atoms with van der Waals surface area (Å²) >= 11 is 0. The van der Waals surface area contributed by atoms with Crippen LogP contribution in [0.1, 0.15) is 12.7 Å². The molecule has 0 fully saturated rings. The van der Waals surface area contributed by atoms with Crippen molar-refractivity contribution >= 4 is 0 Å². The lowest BCUT2D eigenvalue weighted by Crippen LogP contribution is -2.11. The van der Waals surface area contributed by atoms with Gasteiger partial charge in [-0.15, -0.1) is 0 Å². The van der Waals surface area contributed by atoms with Crippen LogP contribution in [0.15, 0.2) is 12.4 Å². The number of hydrogen-bond donors (Lipinski definition) is 1. The average Bonchev–Trinajstić information content (AvgIpc) is 2.31. The third-order valence-electron chi connectivity index (χ3n) is 1.23. The first-order valence-corrected chi connectivity index (χ1v) is 3.44. The fraction of sp³-hybridized carbons (Fsp3) is 0.375. The molecule has 1 atom stereocenters. The summed E-state index contributed by atoms with van der Waals surface area (Å²) in [5.74, 6) is 6.45. The maximum absolute atomic E-state index is 5.45. The number of rotatable bonds is 0. The van der Waals surface area contributed by atoms with Crippen LogP contribution in [0.2, 0.25) is 0 Å². The van der Waals surface area contributed by atoms with E-state index >= 15 is 0 Å². The molecule has 0 saturated carbocycles. The van der Waals surface area contributed by atoms with Gasteiger partial charge < -0.3 is 10.3 Å². The van der Waals surface area contributed by atoms with Crippen LogP contribution in [-0.2, 0) is 7.05 Å². The molecular formula is C8H11N3. The highest BCUT2D eigenvalue weighted by Gasteiger charge is 1.91. The van der Waals surface area contributed by atoms with E-state index in [-0.39, 0.29) is 6.04 Å². The van der Waals surface area contributed by atoms with E-state index in [1.165, 1.54) is 0 Å². The Labute approximate surface area is 66.2 Å². The molecule has 2 N–H and O–H groups in total. The van der Waals surface area contributed by atoms with Crippen LogP contribution >= 0.6 is 0 Å². The SMILES string of the molecule is CC(N)C#Cc1nccn1C. The van der Waals surface area contributed by atoms with Gasteiger partial charge in [0, 0.05) is 19.4 Å². The Morgan fingerprint density at radius 1 is 1.73 bits per heavy atom. The average molecular weight is 149 g/mol. The van der Waals surface area contributed by atoms with Crippen molar-refractivity contribution in [3.8, 4) is 11.8 Å². The maximum Gasteiger partial charge on any atom is 0.185 e. The fourth-order valence-electron chi connectivity index (χ4n) is 0.664. The first-order valence-electron chi connectivity index (χ1n) is 3.44. The van der Waals surface area contributed by atoms with Crippen molar-refractivity contribution in [2.24, 2.45) is 12.8 Å². The van der Waals surface area contributed by atoms with Gasteiger partial charge in [0.1, 0.15) is 0 Å². The maximum atomic E-state index is 5.45. The van der Waals surface area contributed by atoms with E-state index in [1.807, 2.05) is 24.7 Å². The monoisotopic (exact) mass is 149 g/mol. The van der Waals surface area contributed by atoms with E-state index in [9.17, 15) is 0 Å². The number of nitrogens with zero attached hydrogens (tertiary/aromatic N) is 2. The predicted octanol–water partition coefficient (Wildman–Crippen LogP) is 0.119. The Morgan fingerprint density at radius 2 is 2.45 bits per heavy atom. The molecule has 0 aromatic carbocycles. The highest BCUT2D eigenvalue weighted by Crippen LogP contribution is 1.89. The number of nitrogens with two attached hydrogens (primary N) is 1. The van der Waals surface area contributed by atoms with Crippen molar-refractivity contribution in [3.63, 3.8) is 0 Å². The number of imidazole rings is 1. The zero-order valence-corrected chi connectivity index (χ0v) is 6.70. The van der Waals surface area contributed by atoms with Gasteiger partial charge in [-0.05, 0) is 12.8 Å². The molecule has 3 nitrogen and oxygen atoms in total. The second-order valence-electron chi connectivity index (χ2n) is 2.42. The quantitative estimate of drug-likeness (QED) is 0.532. The van der Waals surface area contributed by atoms with E-state index < -0.39 is 0 Å². The summed E-state index contributed by atoms with van der Waals surface area (Å²) in [5.41, 5.74) is 5.45. The molecule has 0 bridgehead atoms. The third-order valence-corrected chi connectivity index (χ3v) is 1.23. The zero-order chi connectivity index (χ0) is 8.27. The summed E-state index contributed by atoms with van der Waals surface area (Å²) in [7, 11) is 1.90. The van der Waals surface area contributed by atoms with Gasteiger partial charge in [-0.1, -0.05) is 5.92 Å². The zero-order valence-electron chi connectivity index (χ0n) is 6.70. The lowest BCUT2D eigenvalue weighted by Gasteiger charge is -1.91. The molecule has 1 aromatic heterocycles. The summed E-state index contributed by atoms with van der Waals surface area (Å²) in [6.45, 7) is 1.84. The summed E-state index contributed by atoms with van der Waals surface area (Å²) in [5, 5.41) is 0. The fourth-order valence-corrected chi connectivity index (χ4v) is 0.664. The van der Waals surface area contributed by atoms with Gasteiger partial charge in [0.15, 0.2) is 5.82 Å². The molecule has 0 amide bonds. The lowest BCUT2D eigenvalue weighted by molar-refractivity contribution is 0.890. The number of aromatic nitrogens is 2. The summed E-state index contributed by atoms with van der Waals surface area (Å²) in [4.78, 5) is 4.02. The molecule has 58 valence electrons. The Morgan fingerprint density at radius 3 is 2.91 bits per heavy atom. The van der Waals surface area contributed by atoms with Gasteiger partial charge in [0.05, 0.1) is 6.04 Å². The second-order valence-corrected chi connectivity index (χ2v) is 2.42. The Balaban J connectivity index is 2.81. The molecule has 0 aliphatic heterocycles. The smallest absolute Gasteiger partial charge is 0.185 e. The van der Waals surface area contributed by atoms with E-state index in [4.69, 9.17) is 5.73 Å². The first kappa shape index (κ1) is 7.83. The van der Waals surface area contributed by atoms with Crippen LogP contribution in [0.5, 0.6) is 0 Å². The molecule has 0 saturated heterocycles. The van der Waals surface area contributed by atoms with Crippen LogP contribution in [0.3, 0.4) is 0 Å². The van der Waals surface area contributed by atoms with Crippen LogP contribution in [0, 0.1) is 11.8 Å².